The van der Waals surface area contributed by atoms with Gasteiger partial charge in [-0.3, -0.25) is 4.68 Å². The molecule has 0 unspecified atom stereocenters. The molecule has 0 aliphatic rings. The average molecular weight is 214 g/mol. The van der Waals surface area contributed by atoms with Gasteiger partial charge >= 0.3 is 0 Å². The number of aliphatic hydroxyl groups is 2. The highest BCUT2D eigenvalue weighted by molar-refractivity contribution is 5.65. The average Bonchev–Trinajstić information content (AvgIpc) is 2.45. The fourth-order valence-corrected chi connectivity index (χ4v) is 1.24. The second-order valence-electron chi connectivity index (χ2n) is 3.97. The maximum atomic E-state index is 9.14. The van der Waals surface area contributed by atoms with Crippen molar-refractivity contribution in [3.8, 4) is 0 Å². The van der Waals surface area contributed by atoms with Gasteiger partial charge in [0.1, 0.15) is 5.82 Å². The van der Waals surface area contributed by atoms with Gasteiger partial charge in [-0.05, 0) is 13.8 Å². The number of hydrogen-bond acceptors (Lipinski definition) is 5. The van der Waals surface area contributed by atoms with Crippen molar-refractivity contribution in [1.29, 1.82) is 0 Å². The molecule has 86 valence electrons. The Labute approximate surface area is 88.7 Å². The van der Waals surface area contributed by atoms with Crippen LogP contribution in [0.2, 0.25) is 0 Å². The van der Waals surface area contributed by atoms with Crippen molar-refractivity contribution in [3.05, 3.63) is 5.69 Å². The van der Waals surface area contributed by atoms with E-state index < -0.39 is 5.54 Å². The molecule has 15 heavy (non-hydrogen) atoms. The van der Waals surface area contributed by atoms with Gasteiger partial charge in [-0.25, -0.2) is 0 Å². The van der Waals surface area contributed by atoms with Gasteiger partial charge in [-0.1, -0.05) is 0 Å². The van der Waals surface area contributed by atoms with Crippen LogP contribution in [0.15, 0.2) is 0 Å². The molecule has 0 atom stereocenters. The van der Waals surface area contributed by atoms with E-state index in [0.29, 0.717) is 11.5 Å². The topological polar surface area (TPSA) is 96.3 Å². The van der Waals surface area contributed by atoms with Crippen LogP contribution in [0, 0.1) is 6.92 Å². The van der Waals surface area contributed by atoms with Crippen molar-refractivity contribution < 1.29 is 10.2 Å². The van der Waals surface area contributed by atoms with Crippen molar-refractivity contribution in [2.45, 2.75) is 19.4 Å². The van der Waals surface area contributed by atoms with Gasteiger partial charge in [0.2, 0.25) is 0 Å². The van der Waals surface area contributed by atoms with Crippen LogP contribution in [0.25, 0.3) is 0 Å². The Morgan fingerprint density at radius 3 is 2.33 bits per heavy atom. The molecule has 1 rings (SSSR count). The van der Waals surface area contributed by atoms with E-state index in [1.165, 1.54) is 0 Å². The first-order chi connectivity index (χ1) is 6.93. The highest BCUT2D eigenvalue weighted by atomic mass is 16.3. The Bertz CT molecular complexity index is 344. The summed E-state index contributed by atoms with van der Waals surface area (Å²) in [6.07, 6.45) is 0. The predicted octanol–water partition coefficient (Wildman–Crippen LogP) is -0.534. The lowest BCUT2D eigenvalue weighted by Crippen LogP contribution is -2.43. The largest absolute Gasteiger partial charge is 0.394 e. The lowest BCUT2D eigenvalue weighted by Gasteiger charge is -2.27. The zero-order valence-corrected chi connectivity index (χ0v) is 9.28. The van der Waals surface area contributed by atoms with Crippen LogP contribution in [0.1, 0.15) is 12.6 Å². The summed E-state index contributed by atoms with van der Waals surface area (Å²) in [7, 11) is 1.75. The van der Waals surface area contributed by atoms with E-state index in [-0.39, 0.29) is 13.2 Å². The molecular weight excluding hydrogens is 196 g/mol. The number of aromatic nitrogens is 2. The van der Waals surface area contributed by atoms with E-state index in [2.05, 4.69) is 10.4 Å². The van der Waals surface area contributed by atoms with Crippen LogP contribution in [0.3, 0.4) is 0 Å². The molecular formula is C9H18N4O2. The number of aliphatic hydroxyl groups excluding tert-OH is 2. The first-order valence-electron chi connectivity index (χ1n) is 4.72. The number of aryl methyl sites for hydroxylation is 2. The van der Waals surface area contributed by atoms with Crippen LogP contribution in [-0.4, -0.2) is 38.7 Å². The van der Waals surface area contributed by atoms with E-state index in [1.807, 2.05) is 0 Å². The summed E-state index contributed by atoms with van der Waals surface area (Å²) in [6, 6.07) is 0. The van der Waals surface area contributed by atoms with Gasteiger partial charge in [-0.2, -0.15) is 5.10 Å². The molecule has 6 nitrogen and oxygen atoms in total. The first kappa shape index (κ1) is 11.8. The summed E-state index contributed by atoms with van der Waals surface area (Å²) in [5.74, 6) is 0.609. The molecule has 0 aliphatic heterocycles. The fourth-order valence-electron chi connectivity index (χ4n) is 1.24. The smallest absolute Gasteiger partial charge is 0.148 e. The van der Waals surface area contributed by atoms with Gasteiger partial charge in [0, 0.05) is 7.05 Å². The molecule has 0 spiro atoms. The number of nitrogens with zero attached hydrogens (tertiary/aromatic N) is 2. The number of nitrogens with one attached hydrogen (secondary N) is 1. The minimum absolute atomic E-state index is 0.187. The van der Waals surface area contributed by atoms with Crippen molar-refractivity contribution in [1.82, 2.24) is 9.78 Å². The molecule has 0 bridgehead atoms. The second-order valence-corrected chi connectivity index (χ2v) is 3.97. The van der Waals surface area contributed by atoms with Crippen molar-refractivity contribution in [2.75, 3.05) is 24.3 Å². The van der Waals surface area contributed by atoms with Gasteiger partial charge in [0.25, 0.3) is 0 Å². The molecule has 0 saturated heterocycles. The monoisotopic (exact) mass is 214 g/mol. The minimum Gasteiger partial charge on any atom is -0.394 e. The maximum absolute atomic E-state index is 9.14. The zero-order valence-electron chi connectivity index (χ0n) is 9.28. The zero-order chi connectivity index (χ0) is 11.6. The van der Waals surface area contributed by atoms with E-state index in [1.54, 1.807) is 25.6 Å². The molecule has 1 heterocycles. The first-order valence-corrected chi connectivity index (χ1v) is 4.72. The molecule has 0 fully saturated rings. The fraction of sp³-hybridized carbons (Fsp3) is 0.667. The summed E-state index contributed by atoms with van der Waals surface area (Å²) in [5.41, 5.74) is 6.27. The third-order valence-corrected chi connectivity index (χ3v) is 2.39. The lowest BCUT2D eigenvalue weighted by molar-refractivity contribution is 0.147. The lowest BCUT2D eigenvalue weighted by atomic mass is 10.1. The number of rotatable bonds is 4. The molecule has 1 aromatic rings. The van der Waals surface area contributed by atoms with Gasteiger partial charge in [-0.15, -0.1) is 0 Å². The van der Waals surface area contributed by atoms with Gasteiger partial charge < -0.3 is 21.3 Å². The van der Waals surface area contributed by atoms with Crippen LogP contribution < -0.4 is 11.1 Å². The van der Waals surface area contributed by atoms with Gasteiger partial charge in [0.05, 0.1) is 30.1 Å². The van der Waals surface area contributed by atoms with Crippen LogP contribution >= 0.6 is 0 Å². The Balaban J connectivity index is 2.98. The Kier molecular flexibility index (Phi) is 3.21. The van der Waals surface area contributed by atoms with Crippen LogP contribution in [-0.2, 0) is 7.05 Å². The van der Waals surface area contributed by atoms with Crippen molar-refractivity contribution >= 4 is 11.5 Å². The maximum Gasteiger partial charge on any atom is 0.148 e. The molecule has 6 heteroatoms. The Hall–Kier alpha value is -1.27. The summed E-state index contributed by atoms with van der Waals surface area (Å²) < 4.78 is 1.59. The summed E-state index contributed by atoms with van der Waals surface area (Å²) >= 11 is 0. The second kappa shape index (κ2) is 4.08. The molecule has 0 saturated carbocycles. The molecule has 0 aromatic carbocycles. The molecule has 5 N–H and O–H groups in total. The van der Waals surface area contributed by atoms with Crippen molar-refractivity contribution in [2.24, 2.45) is 7.05 Å². The highest BCUT2D eigenvalue weighted by Gasteiger charge is 2.25. The summed E-state index contributed by atoms with van der Waals surface area (Å²) in [6.45, 7) is 3.13. The molecule has 0 aliphatic carbocycles. The van der Waals surface area contributed by atoms with Gasteiger partial charge in [0.15, 0.2) is 0 Å². The quantitative estimate of drug-likeness (QED) is 0.540. The molecule has 0 amide bonds. The standard InChI is InChI=1S/C9H18N4O2/c1-6-7(10)8(13(3)12-6)11-9(2,4-14)5-15/h11,14-15H,4-5,10H2,1-3H3. The Morgan fingerprint density at radius 1 is 1.47 bits per heavy atom. The van der Waals surface area contributed by atoms with E-state index >= 15 is 0 Å². The third-order valence-electron chi connectivity index (χ3n) is 2.39. The van der Waals surface area contributed by atoms with E-state index in [0.717, 1.165) is 5.69 Å². The van der Waals surface area contributed by atoms with E-state index in [9.17, 15) is 0 Å². The number of anilines is 2. The number of nitrogens with two attached hydrogens (primary N) is 1. The van der Waals surface area contributed by atoms with E-state index in [4.69, 9.17) is 15.9 Å². The van der Waals surface area contributed by atoms with Crippen molar-refractivity contribution in [3.63, 3.8) is 0 Å². The number of hydrogen-bond donors (Lipinski definition) is 4. The van der Waals surface area contributed by atoms with Crippen LogP contribution in [0.4, 0.5) is 11.5 Å². The van der Waals surface area contributed by atoms with Crippen LogP contribution in [0.5, 0.6) is 0 Å². The SMILES string of the molecule is Cc1nn(C)c(NC(C)(CO)CO)c1N. The number of nitrogen functional groups attached to an aromatic ring is 1. The molecule has 1 aromatic heterocycles. The minimum atomic E-state index is -0.797. The normalized spacial score (nSPS) is 11.8. The highest BCUT2D eigenvalue weighted by Crippen LogP contribution is 2.24. The predicted molar refractivity (Wildman–Crippen MR) is 58.6 cm³/mol. The Morgan fingerprint density at radius 2 is 2.00 bits per heavy atom. The summed E-state index contributed by atoms with van der Waals surface area (Å²) in [4.78, 5) is 0. The molecule has 0 radical (unpaired) electrons. The third kappa shape index (κ3) is 2.21. The summed E-state index contributed by atoms with van der Waals surface area (Å²) in [5, 5.41) is 25.4.